The Labute approximate surface area is 143 Å². The monoisotopic (exact) mass is 387 g/mol. The second-order valence-corrected chi connectivity index (χ2v) is 5.98. The van der Waals surface area contributed by atoms with Crippen LogP contribution >= 0.6 is 15.9 Å². The molecule has 0 saturated carbocycles. The third kappa shape index (κ3) is 2.67. The van der Waals surface area contributed by atoms with Crippen LogP contribution in [0.1, 0.15) is 5.69 Å². The number of nitrogens with zero attached hydrogens (tertiary/aromatic N) is 6. The lowest BCUT2D eigenvalue weighted by Crippen LogP contribution is -2.07. The van der Waals surface area contributed by atoms with Crippen LogP contribution in [0, 0.1) is 0 Å². The van der Waals surface area contributed by atoms with Crippen LogP contribution in [-0.4, -0.2) is 40.8 Å². The van der Waals surface area contributed by atoms with Crippen molar-refractivity contribution in [3.8, 4) is 0 Å². The van der Waals surface area contributed by atoms with Crippen LogP contribution in [0.4, 0.5) is 10.6 Å². The highest BCUT2D eigenvalue weighted by molar-refractivity contribution is 9.10. The highest BCUT2D eigenvalue weighted by Crippen LogP contribution is 2.18. The van der Waals surface area contributed by atoms with Crippen molar-refractivity contribution in [3.63, 3.8) is 0 Å². The molecule has 0 spiro atoms. The van der Waals surface area contributed by atoms with Crippen LogP contribution < -0.4 is 5.32 Å². The fourth-order valence-corrected chi connectivity index (χ4v) is 2.73. The molecule has 1 aromatic carbocycles. The Kier molecular flexibility index (Phi) is 3.38. The molecule has 24 heavy (non-hydrogen) atoms. The minimum absolute atomic E-state index is 0.224. The van der Waals surface area contributed by atoms with E-state index in [1.807, 2.05) is 24.3 Å². The summed E-state index contributed by atoms with van der Waals surface area (Å²) in [6, 6.07) is 9.33. The van der Waals surface area contributed by atoms with E-state index in [2.05, 4.69) is 41.6 Å². The molecule has 10 heteroatoms. The summed E-state index contributed by atoms with van der Waals surface area (Å²) >= 11 is 3.44. The number of amides is 1. The molecule has 0 aliphatic heterocycles. The Morgan fingerprint density at radius 2 is 2.17 bits per heavy atom. The Hall–Kier alpha value is -3.01. The van der Waals surface area contributed by atoms with E-state index in [0.29, 0.717) is 12.2 Å². The van der Waals surface area contributed by atoms with E-state index in [9.17, 15) is 4.79 Å². The second-order valence-electron chi connectivity index (χ2n) is 5.06. The first-order valence-corrected chi connectivity index (χ1v) is 7.72. The number of hydrogen-bond acceptors (Lipinski definition) is 5. The number of carboxylic acid groups (broad SMARTS) is 1. The van der Waals surface area contributed by atoms with E-state index < -0.39 is 6.09 Å². The number of aromatic nitrogens is 6. The molecule has 0 fully saturated rings. The Bertz CT molecular complexity index is 1070. The quantitative estimate of drug-likeness (QED) is 0.558. The van der Waals surface area contributed by atoms with E-state index in [-0.39, 0.29) is 5.82 Å². The van der Waals surface area contributed by atoms with Gasteiger partial charge in [0.15, 0.2) is 11.5 Å². The number of carbonyl (C=O) groups is 1. The molecule has 4 rings (SSSR count). The molecule has 4 aromatic rings. The highest BCUT2D eigenvalue weighted by Gasteiger charge is 2.09. The normalized spacial score (nSPS) is 11.2. The molecule has 3 aromatic heterocycles. The largest absolute Gasteiger partial charge is 0.465 e. The standard InChI is InChI=1S/C14H10BrN7O2/c15-8-1-3-10-11(5-8)21(20-18-10)6-9-2-4-13-16-12(17-14(23)24)7-22(13)19-9/h1-5,7,17H,6H2,(H,23,24). The summed E-state index contributed by atoms with van der Waals surface area (Å²) in [6.07, 6.45) is 0.349. The van der Waals surface area contributed by atoms with E-state index in [0.717, 1.165) is 21.2 Å². The van der Waals surface area contributed by atoms with Crippen molar-refractivity contribution in [2.75, 3.05) is 5.32 Å². The van der Waals surface area contributed by atoms with Gasteiger partial charge in [-0.1, -0.05) is 21.1 Å². The highest BCUT2D eigenvalue weighted by atomic mass is 79.9. The van der Waals surface area contributed by atoms with Crippen molar-refractivity contribution in [2.24, 2.45) is 0 Å². The van der Waals surface area contributed by atoms with E-state index >= 15 is 0 Å². The number of anilines is 1. The van der Waals surface area contributed by atoms with Gasteiger partial charge in [0.25, 0.3) is 0 Å². The predicted octanol–water partition coefficient (Wildman–Crippen LogP) is 2.37. The Balaban J connectivity index is 1.68. The molecular formula is C14H10BrN7O2. The summed E-state index contributed by atoms with van der Waals surface area (Å²) < 4.78 is 4.22. The number of imidazole rings is 1. The molecule has 3 heterocycles. The number of benzene rings is 1. The number of fused-ring (bicyclic) bond motifs is 2. The minimum atomic E-state index is -1.17. The van der Waals surface area contributed by atoms with Gasteiger partial charge in [-0.25, -0.2) is 19.0 Å². The van der Waals surface area contributed by atoms with Crippen LogP contribution in [0.15, 0.2) is 41.0 Å². The van der Waals surface area contributed by atoms with Crippen molar-refractivity contribution < 1.29 is 9.90 Å². The molecule has 0 bridgehead atoms. The summed E-state index contributed by atoms with van der Waals surface area (Å²) in [4.78, 5) is 14.8. The van der Waals surface area contributed by atoms with Crippen molar-refractivity contribution >= 4 is 44.5 Å². The fourth-order valence-electron chi connectivity index (χ4n) is 2.38. The van der Waals surface area contributed by atoms with Crippen molar-refractivity contribution in [3.05, 3.63) is 46.7 Å². The van der Waals surface area contributed by atoms with Crippen LogP contribution in [0.5, 0.6) is 0 Å². The van der Waals surface area contributed by atoms with Gasteiger partial charge in [0.1, 0.15) is 5.52 Å². The molecule has 0 aliphatic rings. The molecule has 9 nitrogen and oxygen atoms in total. The summed E-state index contributed by atoms with van der Waals surface area (Å²) in [5.41, 5.74) is 2.99. The summed E-state index contributed by atoms with van der Waals surface area (Å²) in [5.74, 6) is 0.224. The molecule has 0 radical (unpaired) electrons. The number of halogens is 1. The van der Waals surface area contributed by atoms with Gasteiger partial charge in [-0.05, 0) is 30.3 Å². The SMILES string of the molecule is O=C(O)Nc1cn2nc(Cn3nnc4ccc(Br)cc43)ccc2n1. The molecule has 0 saturated heterocycles. The van der Waals surface area contributed by atoms with Gasteiger partial charge in [0.2, 0.25) is 0 Å². The molecule has 120 valence electrons. The van der Waals surface area contributed by atoms with E-state index in [1.165, 1.54) is 10.7 Å². The average molecular weight is 388 g/mol. The van der Waals surface area contributed by atoms with E-state index in [4.69, 9.17) is 5.11 Å². The van der Waals surface area contributed by atoms with Crippen molar-refractivity contribution in [1.29, 1.82) is 0 Å². The zero-order valence-electron chi connectivity index (χ0n) is 12.1. The maximum atomic E-state index is 10.7. The molecule has 1 amide bonds. The lowest BCUT2D eigenvalue weighted by molar-refractivity contribution is 0.209. The Morgan fingerprint density at radius 3 is 3.00 bits per heavy atom. The van der Waals surface area contributed by atoms with Crippen molar-refractivity contribution in [1.82, 2.24) is 29.6 Å². The van der Waals surface area contributed by atoms with Crippen LogP contribution in [0.2, 0.25) is 0 Å². The lowest BCUT2D eigenvalue weighted by atomic mass is 10.3. The summed E-state index contributed by atoms with van der Waals surface area (Å²) in [5, 5.41) is 23.6. The summed E-state index contributed by atoms with van der Waals surface area (Å²) in [7, 11) is 0. The molecular weight excluding hydrogens is 378 g/mol. The van der Waals surface area contributed by atoms with Crippen LogP contribution in [0.3, 0.4) is 0 Å². The van der Waals surface area contributed by atoms with Crippen molar-refractivity contribution in [2.45, 2.75) is 6.54 Å². The number of nitrogens with one attached hydrogen (secondary N) is 1. The van der Waals surface area contributed by atoms with Gasteiger partial charge in [-0.2, -0.15) is 5.10 Å². The van der Waals surface area contributed by atoms with E-state index in [1.54, 1.807) is 10.7 Å². The van der Waals surface area contributed by atoms with Gasteiger partial charge in [-0.15, -0.1) is 5.10 Å². The first-order chi connectivity index (χ1) is 11.6. The zero-order chi connectivity index (χ0) is 16.7. The topological polar surface area (TPSA) is 110 Å². The van der Waals surface area contributed by atoms with Gasteiger partial charge in [0, 0.05) is 4.47 Å². The van der Waals surface area contributed by atoms with Gasteiger partial charge in [0.05, 0.1) is 24.0 Å². The van der Waals surface area contributed by atoms with Crippen LogP contribution in [0.25, 0.3) is 16.7 Å². The van der Waals surface area contributed by atoms with Gasteiger partial charge >= 0.3 is 6.09 Å². The fraction of sp³-hybridized carbons (Fsp3) is 0.0714. The first kappa shape index (κ1) is 14.6. The molecule has 0 atom stereocenters. The predicted molar refractivity (Wildman–Crippen MR) is 89.0 cm³/mol. The number of rotatable bonds is 3. The third-order valence-electron chi connectivity index (χ3n) is 3.40. The van der Waals surface area contributed by atoms with Gasteiger partial charge < -0.3 is 5.11 Å². The Morgan fingerprint density at radius 1 is 1.29 bits per heavy atom. The molecule has 2 N–H and O–H groups in total. The molecule has 0 aliphatic carbocycles. The number of hydrogen-bond donors (Lipinski definition) is 2. The average Bonchev–Trinajstić information content (AvgIpc) is 3.10. The smallest absolute Gasteiger partial charge is 0.410 e. The minimum Gasteiger partial charge on any atom is -0.465 e. The second kappa shape index (κ2) is 5.57. The maximum Gasteiger partial charge on any atom is 0.410 e. The van der Waals surface area contributed by atoms with Gasteiger partial charge in [-0.3, -0.25) is 5.32 Å². The maximum absolute atomic E-state index is 10.7. The van der Waals surface area contributed by atoms with Crippen LogP contribution in [-0.2, 0) is 6.54 Å². The third-order valence-corrected chi connectivity index (χ3v) is 3.89. The zero-order valence-corrected chi connectivity index (χ0v) is 13.7. The molecule has 0 unspecified atom stereocenters. The summed E-state index contributed by atoms with van der Waals surface area (Å²) in [6.45, 7) is 0.433. The first-order valence-electron chi connectivity index (χ1n) is 6.92. The lowest BCUT2D eigenvalue weighted by Gasteiger charge is -2.03.